The lowest BCUT2D eigenvalue weighted by atomic mass is 10.2. The van der Waals surface area contributed by atoms with Crippen molar-refractivity contribution in [1.29, 1.82) is 0 Å². The van der Waals surface area contributed by atoms with Crippen LogP contribution in [-0.2, 0) is 10.9 Å². The van der Waals surface area contributed by atoms with E-state index in [-0.39, 0.29) is 12.7 Å². The van der Waals surface area contributed by atoms with Gasteiger partial charge in [-0.2, -0.15) is 17.6 Å². The van der Waals surface area contributed by atoms with Crippen LogP contribution in [-0.4, -0.2) is 23.9 Å². The molecule has 0 spiro atoms. The van der Waals surface area contributed by atoms with E-state index in [1.165, 1.54) is 6.92 Å². The van der Waals surface area contributed by atoms with E-state index in [1.807, 2.05) is 0 Å². The SMILES string of the molecule is CCOC(=O)c1cc(OC(F)(F)F)c(F)nc1C(F)(F)F. The van der Waals surface area contributed by atoms with Gasteiger partial charge in [-0.3, -0.25) is 0 Å². The van der Waals surface area contributed by atoms with Gasteiger partial charge in [0.15, 0.2) is 11.4 Å². The van der Waals surface area contributed by atoms with Crippen LogP contribution >= 0.6 is 0 Å². The molecule has 0 aromatic carbocycles. The standard InChI is InChI=1S/C10H6F7NO3/c1-2-20-8(19)4-3-5(21-10(15,16)17)7(11)18-6(4)9(12,13)14/h3H,2H2,1H3. The molecule has 0 saturated heterocycles. The number of alkyl halides is 6. The van der Waals surface area contributed by atoms with Crippen LogP contribution in [0.25, 0.3) is 0 Å². The molecule has 1 aromatic heterocycles. The first-order chi connectivity index (χ1) is 9.45. The van der Waals surface area contributed by atoms with E-state index in [2.05, 4.69) is 14.5 Å². The lowest BCUT2D eigenvalue weighted by molar-refractivity contribution is -0.275. The van der Waals surface area contributed by atoms with Crippen LogP contribution in [0.15, 0.2) is 6.07 Å². The van der Waals surface area contributed by atoms with E-state index in [1.54, 1.807) is 0 Å². The summed E-state index contributed by atoms with van der Waals surface area (Å²) in [6.45, 7) is 0.915. The molecule has 0 atom stereocenters. The normalized spacial score (nSPS) is 12.2. The number of rotatable bonds is 3. The zero-order valence-corrected chi connectivity index (χ0v) is 10.1. The second-order valence-electron chi connectivity index (χ2n) is 3.44. The largest absolute Gasteiger partial charge is 0.573 e. The highest BCUT2D eigenvalue weighted by molar-refractivity contribution is 5.91. The first-order valence-corrected chi connectivity index (χ1v) is 5.16. The van der Waals surface area contributed by atoms with Gasteiger partial charge in [0, 0.05) is 6.07 Å². The number of carbonyl (C=O) groups excluding carboxylic acids is 1. The molecule has 1 heterocycles. The van der Waals surface area contributed by atoms with E-state index >= 15 is 0 Å². The van der Waals surface area contributed by atoms with Gasteiger partial charge in [-0.05, 0) is 6.92 Å². The zero-order valence-electron chi connectivity index (χ0n) is 10.1. The minimum atomic E-state index is -5.37. The molecular formula is C10H6F7NO3. The van der Waals surface area contributed by atoms with Crippen molar-refractivity contribution >= 4 is 5.97 Å². The van der Waals surface area contributed by atoms with Gasteiger partial charge in [0.05, 0.1) is 12.2 Å². The predicted molar refractivity (Wildman–Crippen MR) is 51.8 cm³/mol. The molecule has 0 unspecified atom stereocenters. The summed E-state index contributed by atoms with van der Waals surface area (Å²) in [5, 5.41) is 0. The highest BCUT2D eigenvalue weighted by atomic mass is 19.4. The van der Waals surface area contributed by atoms with Crippen LogP contribution in [0.5, 0.6) is 5.75 Å². The van der Waals surface area contributed by atoms with Gasteiger partial charge in [-0.25, -0.2) is 9.78 Å². The molecule has 21 heavy (non-hydrogen) atoms. The molecule has 0 amide bonds. The molecule has 0 aliphatic rings. The number of carbonyl (C=O) groups is 1. The molecule has 0 fully saturated rings. The molecule has 1 aromatic rings. The number of hydrogen-bond donors (Lipinski definition) is 0. The average molecular weight is 321 g/mol. The molecule has 1 rings (SSSR count). The highest BCUT2D eigenvalue weighted by Crippen LogP contribution is 2.34. The first kappa shape index (κ1) is 17.0. The summed E-state index contributed by atoms with van der Waals surface area (Å²) < 4.78 is 94.3. The van der Waals surface area contributed by atoms with Crippen molar-refractivity contribution < 1.29 is 45.0 Å². The van der Waals surface area contributed by atoms with Crippen molar-refractivity contribution in [2.45, 2.75) is 19.5 Å². The van der Waals surface area contributed by atoms with Crippen LogP contribution in [0.1, 0.15) is 23.0 Å². The van der Waals surface area contributed by atoms with Crippen LogP contribution in [0, 0.1) is 5.95 Å². The molecule has 0 aliphatic carbocycles. The minimum Gasteiger partial charge on any atom is -0.462 e. The van der Waals surface area contributed by atoms with Crippen LogP contribution in [0.3, 0.4) is 0 Å². The number of ether oxygens (including phenoxy) is 2. The number of esters is 1. The predicted octanol–water partition coefficient (Wildman–Crippen LogP) is 3.31. The molecule has 0 radical (unpaired) electrons. The summed E-state index contributed by atoms with van der Waals surface area (Å²) in [7, 11) is 0. The van der Waals surface area contributed by atoms with Crippen molar-refractivity contribution in [3.8, 4) is 5.75 Å². The lowest BCUT2D eigenvalue weighted by Crippen LogP contribution is -2.22. The summed E-state index contributed by atoms with van der Waals surface area (Å²) in [5.41, 5.74) is -3.39. The highest BCUT2D eigenvalue weighted by Gasteiger charge is 2.41. The fourth-order valence-electron chi connectivity index (χ4n) is 1.25. The Morgan fingerprint density at radius 2 is 1.81 bits per heavy atom. The zero-order chi connectivity index (χ0) is 16.4. The van der Waals surface area contributed by atoms with Crippen molar-refractivity contribution in [1.82, 2.24) is 4.98 Å². The third-order valence-corrected chi connectivity index (χ3v) is 1.93. The maximum absolute atomic E-state index is 13.2. The van der Waals surface area contributed by atoms with Crippen molar-refractivity contribution in [3.63, 3.8) is 0 Å². The number of halogens is 7. The fourth-order valence-corrected chi connectivity index (χ4v) is 1.25. The molecule has 0 N–H and O–H groups in total. The van der Waals surface area contributed by atoms with Crippen molar-refractivity contribution in [2.24, 2.45) is 0 Å². The van der Waals surface area contributed by atoms with Gasteiger partial charge in [-0.15, -0.1) is 13.2 Å². The summed E-state index contributed by atoms with van der Waals surface area (Å²) in [6.07, 6.45) is -10.6. The fraction of sp³-hybridized carbons (Fsp3) is 0.400. The van der Waals surface area contributed by atoms with Crippen LogP contribution in [0.4, 0.5) is 30.7 Å². The Hall–Kier alpha value is -2.07. The Morgan fingerprint density at radius 1 is 1.24 bits per heavy atom. The van der Waals surface area contributed by atoms with Gasteiger partial charge >= 0.3 is 18.5 Å². The second kappa shape index (κ2) is 5.74. The number of hydrogen-bond acceptors (Lipinski definition) is 4. The maximum atomic E-state index is 13.2. The molecule has 118 valence electrons. The van der Waals surface area contributed by atoms with Gasteiger partial charge in [-0.1, -0.05) is 0 Å². The van der Waals surface area contributed by atoms with Gasteiger partial charge < -0.3 is 9.47 Å². The molecule has 0 aliphatic heterocycles. The number of aromatic nitrogens is 1. The topological polar surface area (TPSA) is 48.4 Å². The Bertz CT molecular complexity index is 539. The summed E-state index contributed by atoms with van der Waals surface area (Å²) >= 11 is 0. The van der Waals surface area contributed by atoms with E-state index in [0.29, 0.717) is 0 Å². The quantitative estimate of drug-likeness (QED) is 0.487. The smallest absolute Gasteiger partial charge is 0.462 e. The number of nitrogens with zero attached hydrogens (tertiary/aromatic N) is 1. The minimum absolute atomic E-state index is 0.0589. The molecule has 0 bridgehead atoms. The monoisotopic (exact) mass is 321 g/mol. The van der Waals surface area contributed by atoms with E-state index in [4.69, 9.17) is 0 Å². The van der Waals surface area contributed by atoms with Gasteiger partial charge in [0.1, 0.15) is 0 Å². The van der Waals surface area contributed by atoms with Crippen LogP contribution in [0.2, 0.25) is 0 Å². The molecule has 4 nitrogen and oxygen atoms in total. The van der Waals surface area contributed by atoms with Crippen LogP contribution < -0.4 is 4.74 Å². The lowest BCUT2D eigenvalue weighted by Gasteiger charge is -2.14. The Kier molecular flexibility index (Phi) is 4.64. The van der Waals surface area contributed by atoms with E-state index < -0.39 is 41.5 Å². The summed E-state index contributed by atoms with van der Waals surface area (Å²) in [6, 6.07) is -0.0589. The van der Waals surface area contributed by atoms with E-state index in [0.717, 1.165) is 0 Å². The van der Waals surface area contributed by atoms with Gasteiger partial charge in [0.2, 0.25) is 0 Å². The third-order valence-electron chi connectivity index (χ3n) is 1.93. The summed E-state index contributed by atoms with van der Waals surface area (Å²) in [4.78, 5) is 13.6. The molecule has 0 saturated carbocycles. The Balaban J connectivity index is 3.41. The second-order valence-corrected chi connectivity index (χ2v) is 3.44. The number of pyridine rings is 1. The van der Waals surface area contributed by atoms with Gasteiger partial charge in [0.25, 0.3) is 5.95 Å². The molecule has 11 heteroatoms. The molecular weight excluding hydrogens is 315 g/mol. The van der Waals surface area contributed by atoms with E-state index in [9.17, 15) is 35.5 Å². The Labute approximate surface area is 112 Å². The third kappa shape index (κ3) is 4.46. The maximum Gasteiger partial charge on any atom is 0.573 e. The first-order valence-electron chi connectivity index (χ1n) is 5.16. The average Bonchev–Trinajstić information content (AvgIpc) is 2.28. The van der Waals surface area contributed by atoms with Crippen molar-refractivity contribution in [2.75, 3.05) is 6.61 Å². The van der Waals surface area contributed by atoms with Crippen molar-refractivity contribution in [3.05, 3.63) is 23.3 Å². The summed E-state index contributed by atoms with van der Waals surface area (Å²) in [5.74, 6) is -5.43. The Morgan fingerprint density at radius 3 is 2.24 bits per heavy atom.